The molecule has 2 amide bonds. The first kappa shape index (κ1) is 19.1. The number of rotatable bonds is 5. The number of morpholine rings is 1. The lowest BCUT2D eigenvalue weighted by Gasteiger charge is -2.41. The zero-order valence-electron chi connectivity index (χ0n) is 15.3. The van der Waals surface area contributed by atoms with E-state index in [4.69, 9.17) is 16.3 Å². The van der Waals surface area contributed by atoms with Crippen molar-refractivity contribution < 1.29 is 14.3 Å². The zero-order chi connectivity index (χ0) is 18.7. The Kier molecular flexibility index (Phi) is 5.85. The highest BCUT2D eigenvalue weighted by Crippen LogP contribution is 2.31. The number of nitrogens with one attached hydrogen (secondary N) is 1. The van der Waals surface area contributed by atoms with Crippen molar-refractivity contribution in [2.45, 2.75) is 25.8 Å². The topological polar surface area (TPSA) is 61.9 Å². The fourth-order valence-corrected chi connectivity index (χ4v) is 3.75. The number of amides is 2. The zero-order valence-corrected chi connectivity index (χ0v) is 16.1. The molecule has 26 heavy (non-hydrogen) atoms. The largest absolute Gasteiger partial charge is 0.379 e. The fourth-order valence-electron chi connectivity index (χ4n) is 3.51. The second-order valence-electron chi connectivity index (χ2n) is 7.49. The first-order chi connectivity index (χ1) is 12.4. The van der Waals surface area contributed by atoms with Crippen LogP contribution in [0, 0.1) is 5.92 Å². The molecule has 0 radical (unpaired) electrons. The molecule has 1 aromatic carbocycles. The summed E-state index contributed by atoms with van der Waals surface area (Å²) in [5.41, 5.74) is 0.521. The van der Waals surface area contributed by atoms with Crippen LogP contribution in [0.3, 0.4) is 0 Å². The van der Waals surface area contributed by atoms with Crippen molar-refractivity contribution in [1.82, 2.24) is 10.2 Å². The summed E-state index contributed by atoms with van der Waals surface area (Å²) in [7, 11) is 0. The molecule has 6 nitrogen and oxygen atoms in total. The van der Waals surface area contributed by atoms with Gasteiger partial charge in [0.05, 0.1) is 29.8 Å². The molecule has 0 aliphatic carbocycles. The lowest BCUT2D eigenvalue weighted by atomic mass is 10.0. The molecule has 0 spiro atoms. The van der Waals surface area contributed by atoms with Crippen LogP contribution in [-0.4, -0.2) is 61.6 Å². The maximum Gasteiger partial charge on any atom is 0.227 e. The standard InChI is InChI=1S/C19H26ClN3O3/c1-19(2,22-7-9-26-10-8-22)13-21-18(25)14-11-17(24)23(12-14)16-6-4-3-5-15(16)20/h3-6,14H,7-13H2,1-2H3,(H,21,25). The summed E-state index contributed by atoms with van der Waals surface area (Å²) < 4.78 is 5.39. The monoisotopic (exact) mass is 379 g/mol. The highest BCUT2D eigenvalue weighted by molar-refractivity contribution is 6.33. The maximum absolute atomic E-state index is 12.6. The molecule has 1 unspecified atom stereocenters. The molecule has 2 fully saturated rings. The van der Waals surface area contributed by atoms with Crippen molar-refractivity contribution in [3.8, 4) is 0 Å². The number of hydrogen-bond acceptors (Lipinski definition) is 4. The number of benzene rings is 1. The van der Waals surface area contributed by atoms with Crippen molar-refractivity contribution >= 4 is 29.1 Å². The summed E-state index contributed by atoms with van der Waals surface area (Å²) in [6.07, 6.45) is 0.217. The lowest BCUT2D eigenvalue weighted by Crippen LogP contribution is -2.55. The molecule has 0 saturated carbocycles. The Morgan fingerprint density at radius 3 is 2.69 bits per heavy atom. The number of hydrogen-bond donors (Lipinski definition) is 1. The summed E-state index contributed by atoms with van der Waals surface area (Å²) in [4.78, 5) is 28.9. The molecule has 142 valence electrons. The summed E-state index contributed by atoms with van der Waals surface area (Å²) in [6, 6.07) is 7.22. The highest BCUT2D eigenvalue weighted by Gasteiger charge is 2.37. The third-order valence-corrected chi connectivity index (χ3v) is 5.52. The fraction of sp³-hybridized carbons (Fsp3) is 0.579. The number of nitrogens with zero attached hydrogens (tertiary/aromatic N) is 2. The molecule has 1 atom stereocenters. The van der Waals surface area contributed by atoms with E-state index in [9.17, 15) is 9.59 Å². The normalized spacial score (nSPS) is 21.9. The van der Waals surface area contributed by atoms with Crippen molar-refractivity contribution in [2.24, 2.45) is 5.92 Å². The van der Waals surface area contributed by atoms with Crippen LogP contribution in [0.4, 0.5) is 5.69 Å². The molecule has 2 aliphatic heterocycles. The Bertz CT molecular complexity index is 674. The first-order valence-electron chi connectivity index (χ1n) is 9.04. The van der Waals surface area contributed by atoms with Gasteiger partial charge in [-0.1, -0.05) is 23.7 Å². The first-order valence-corrected chi connectivity index (χ1v) is 9.42. The van der Waals surface area contributed by atoms with Crippen LogP contribution in [-0.2, 0) is 14.3 Å². The lowest BCUT2D eigenvalue weighted by molar-refractivity contribution is -0.127. The molecule has 3 rings (SSSR count). The van der Waals surface area contributed by atoms with Crippen LogP contribution in [0.1, 0.15) is 20.3 Å². The van der Waals surface area contributed by atoms with E-state index in [1.165, 1.54) is 0 Å². The van der Waals surface area contributed by atoms with E-state index in [0.717, 1.165) is 26.3 Å². The van der Waals surface area contributed by atoms with Gasteiger partial charge in [0.25, 0.3) is 0 Å². The number of halogens is 1. The second-order valence-corrected chi connectivity index (χ2v) is 7.89. The minimum atomic E-state index is -0.348. The molecular weight excluding hydrogens is 354 g/mol. The highest BCUT2D eigenvalue weighted by atomic mass is 35.5. The number of anilines is 1. The van der Waals surface area contributed by atoms with Crippen molar-refractivity contribution in [2.75, 3.05) is 44.3 Å². The van der Waals surface area contributed by atoms with Gasteiger partial charge in [-0.2, -0.15) is 0 Å². The van der Waals surface area contributed by atoms with Gasteiger partial charge in [-0.25, -0.2) is 0 Å². The molecule has 2 saturated heterocycles. The smallest absolute Gasteiger partial charge is 0.227 e. The van der Waals surface area contributed by atoms with Gasteiger partial charge >= 0.3 is 0 Å². The van der Waals surface area contributed by atoms with Crippen LogP contribution in [0.15, 0.2) is 24.3 Å². The Morgan fingerprint density at radius 1 is 1.31 bits per heavy atom. The number of carbonyl (C=O) groups excluding carboxylic acids is 2. The van der Waals surface area contributed by atoms with Crippen LogP contribution >= 0.6 is 11.6 Å². The number of ether oxygens (including phenoxy) is 1. The summed E-state index contributed by atoms with van der Waals surface area (Å²) in [5.74, 6) is -0.487. The molecule has 7 heteroatoms. The van der Waals surface area contributed by atoms with E-state index in [1.54, 1.807) is 11.0 Å². The molecule has 2 heterocycles. The molecule has 1 aromatic rings. The van der Waals surface area contributed by atoms with E-state index in [-0.39, 0.29) is 29.7 Å². The van der Waals surface area contributed by atoms with Gasteiger partial charge < -0.3 is 15.0 Å². The Morgan fingerprint density at radius 2 is 2.00 bits per heavy atom. The van der Waals surface area contributed by atoms with Gasteiger partial charge in [-0.15, -0.1) is 0 Å². The Labute approximate surface area is 159 Å². The minimum absolute atomic E-state index is 0.0642. The molecular formula is C19H26ClN3O3. The summed E-state index contributed by atoms with van der Waals surface area (Å²) >= 11 is 6.19. The van der Waals surface area contributed by atoms with Gasteiger partial charge in [0.15, 0.2) is 0 Å². The molecule has 2 aliphatic rings. The van der Waals surface area contributed by atoms with E-state index in [2.05, 4.69) is 24.1 Å². The summed E-state index contributed by atoms with van der Waals surface area (Å²) in [5, 5.41) is 3.56. The number of carbonyl (C=O) groups is 2. The van der Waals surface area contributed by atoms with Gasteiger partial charge in [0.2, 0.25) is 11.8 Å². The maximum atomic E-state index is 12.6. The molecule has 1 N–H and O–H groups in total. The van der Waals surface area contributed by atoms with Gasteiger partial charge in [-0.3, -0.25) is 14.5 Å². The third kappa shape index (κ3) is 4.19. The quantitative estimate of drug-likeness (QED) is 0.849. The second kappa shape index (κ2) is 7.94. The third-order valence-electron chi connectivity index (χ3n) is 5.20. The van der Waals surface area contributed by atoms with E-state index in [1.807, 2.05) is 18.2 Å². The Hall–Kier alpha value is -1.63. The average Bonchev–Trinajstić information content (AvgIpc) is 3.02. The van der Waals surface area contributed by atoms with Gasteiger partial charge in [0.1, 0.15) is 0 Å². The predicted octanol–water partition coefficient (Wildman–Crippen LogP) is 1.92. The van der Waals surface area contributed by atoms with Crippen molar-refractivity contribution in [3.63, 3.8) is 0 Å². The summed E-state index contributed by atoms with van der Waals surface area (Å²) in [6.45, 7) is 8.33. The van der Waals surface area contributed by atoms with Gasteiger partial charge in [0, 0.05) is 38.1 Å². The SMILES string of the molecule is CC(C)(CNC(=O)C1CC(=O)N(c2ccccc2Cl)C1)N1CCOCC1. The van der Waals surface area contributed by atoms with E-state index >= 15 is 0 Å². The van der Waals surface area contributed by atoms with Crippen LogP contribution in [0.2, 0.25) is 5.02 Å². The Balaban J connectivity index is 1.57. The van der Waals surface area contributed by atoms with Crippen LogP contribution in [0.5, 0.6) is 0 Å². The van der Waals surface area contributed by atoms with Crippen molar-refractivity contribution in [3.05, 3.63) is 29.3 Å². The molecule has 0 bridgehead atoms. The molecule has 0 aromatic heterocycles. The van der Waals surface area contributed by atoms with Crippen molar-refractivity contribution in [1.29, 1.82) is 0 Å². The minimum Gasteiger partial charge on any atom is -0.379 e. The number of para-hydroxylation sites is 1. The predicted molar refractivity (Wildman–Crippen MR) is 101 cm³/mol. The van der Waals surface area contributed by atoms with Gasteiger partial charge in [-0.05, 0) is 26.0 Å². The van der Waals surface area contributed by atoms with Crippen LogP contribution < -0.4 is 10.2 Å². The van der Waals surface area contributed by atoms with E-state index < -0.39 is 0 Å². The van der Waals surface area contributed by atoms with E-state index in [0.29, 0.717) is 23.8 Å². The van der Waals surface area contributed by atoms with Crippen LogP contribution in [0.25, 0.3) is 0 Å². The average molecular weight is 380 g/mol.